The summed E-state index contributed by atoms with van der Waals surface area (Å²) in [7, 11) is 1.48. The number of ether oxygens (including phenoxy) is 2. The third-order valence-corrected chi connectivity index (χ3v) is 3.23. The Morgan fingerprint density at radius 2 is 1.87 bits per heavy atom. The van der Waals surface area contributed by atoms with Gasteiger partial charge in [-0.25, -0.2) is 0 Å². The molecule has 1 amide bonds. The molecule has 0 aliphatic heterocycles. The van der Waals surface area contributed by atoms with Gasteiger partial charge in [0.25, 0.3) is 5.91 Å². The van der Waals surface area contributed by atoms with Crippen LogP contribution in [0.25, 0.3) is 0 Å². The number of anilines is 1. The molecule has 0 aromatic heterocycles. The number of methoxy groups -OCH3 is 1. The number of rotatable bonds is 6. The van der Waals surface area contributed by atoms with E-state index >= 15 is 0 Å². The highest BCUT2D eigenvalue weighted by atomic mass is 35.5. The van der Waals surface area contributed by atoms with Gasteiger partial charge in [0.15, 0.2) is 6.61 Å². The zero-order chi connectivity index (χ0) is 16.7. The average Bonchev–Trinajstić information content (AvgIpc) is 2.54. The van der Waals surface area contributed by atoms with Crippen molar-refractivity contribution in [2.24, 2.45) is 0 Å². The standard InChI is InChI=1S/C17H16ClNO4/c1-22-15-8-7-13(18)10-14(15)19-16(20)11-23-17(21)9-12-5-3-2-4-6-12/h2-8,10H,9,11H2,1H3,(H,19,20). The van der Waals surface area contributed by atoms with Gasteiger partial charge in [-0.1, -0.05) is 41.9 Å². The van der Waals surface area contributed by atoms with Gasteiger partial charge in [0.2, 0.25) is 0 Å². The lowest BCUT2D eigenvalue weighted by atomic mass is 10.2. The van der Waals surface area contributed by atoms with Crippen molar-refractivity contribution in [1.82, 2.24) is 0 Å². The molecule has 0 radical (unpaired) electrons. The summed E-state index contributed by atoms with van der Waals surface area (Å²) in [5, 5.41) is 3.06. The number of nitrogens with one attached hydrogen (secondary N) is 1. The van der Waals surface area contributed by atoms with Crippen LogP contribution in [0.15, 0.2) is 48.5 Å². The van der Waals surface area contributed by atoms with Crippen LogP contribution in [0.3, 0.4) is 0 Å². The SMILES string of the molecule is COc1ccc(Cl)cc1NC(=O)COC(=O)Cc1ccccc1. The van der Waals surface area contributed by atoms with E-state index in [1.807, 2.05) is 30.3 Å². The zero-order valence-electron chi connectivity index (χ0n) is 12.5. The second kappa shape index (κ2) is 8.19. The molecule has 5 nitrogen and oxygen atoms in total. The van der Waals surface area contributed by atoms with Crippen LogP contribution in [0.5, 0.6) is 5.75 Å². The van der Waals surface area contributed by atoms with Gasteiger partial charge in [-0.2, -0.15) is 0 Å². The number of carbonyl (C=O) groups excluding carboxylic acids is 2. The van der Waals surface area contributed by atoms with Gasteiger partial charge in [0.1, 0.15) is 5.75 Å². The van der Waals surface area contributed by atoms with Gasteiger partial charge >= 0.3 is 5.97 Å². The Bertz CT molecular complexity index is 688. The van der Waals surface area contributed by atoms with Crippen molar-refractivity contribution in [1.29, 1.82) is 0 Å². The number of esters is 1. The molecule has 0 fully saturated rings. The topological polar surface area (TPSA) is 64.6 Å². The molecular formula is C17H16ClNO4. The second-order valence-electron chi connectivity index (χ2n) is 4.72. The van der Waals surface area contributed by atoms with Crippen molar-refractivity contribution in [3.8, 4) is 5.75 Å². The fourth-order valence-corrected chi connectivity index (χ4v) is 2.10. The molecule has 120 valence electrons. The smallest absolute Gasteiger partial charge is 0.310 e. The first kappa shape index (κ1) is 16.8. The van der Waals surface area contributed by atoms with Gasteiger partial charge < -0.3 is 14.8 Å². The summed E-state index contributed by atoms with van der Waals surface area (Å²) in [5.41, 5.74) is 1.25. The van der Waals surface area contributed by atoms with Crippen molar-refractivity contribution >= 4 is 29.2 Å². The molecule has 0 heterocycles. The summed E-state index contributed by atoms with van der Waals surface area (Å²) >= 11 is 5.88. The molecule has 2 rings (SSSR count). The number of amides is 1. The van der Waals surface area contributed by atoms with E-state index < -0.39 is 11.9 Å². The molecule has 0 aliphatic rings. The molecule has 0 aliphatic carbocycles. The Morgan fingerprint density at radius 3 is 2.57 bits per heavy atom. The molecule has 0 spiro atoms. The maximum Gasteiger partial charge on any atom is 0.310 e. The first-order valence-electron chi connectivity index (χ1n) is 6.91. The number of carbonyl (C=O) groups is 2. The molecule has 0 unspecified atom stereocenters. The molecule has 0 saturated carbocycles. The number of hydrogen-bond acceptors (Lipinski definition) is 4. The lowest BCUT2D eigenvalue weighted by Gasteiger charge is -2.10. The van der Waals surface area contributed by atoms with Crippen molar-refractivity contribution < 1.29 is 19.1 Å². The fraction of sp³-hybridized carbons (Fsp3) is 0.176. The second-order valence-corrected chi connectivity index (χ2v) is 5.15. The Hall–Kier alpha value is -2.53. The van der Waals surface area contributed by atoms with E-state index in [9.17, 15) is 9.59 Å². The Labute approximate surface area is 139 Å². The third kappa shape index (κ3) is 5.30. The van der Waals surface area contributed by atoms with Crippen molar-refractivity contribution in [3.05, 3.63) is 59.1 Å². The highest BCUT2D eigenvalue weighted by Gasteiger charge is 2.11. The van der Waals surface area contributed by atoms with Crippen LogP contribution in [-0.4, -0.2) is 25.6 Å². The summed E-state index contributed by atoms with van der Waals surface area (Å²) in [4.78, 5) is 23.6. The number of hydrogen-bond donors (Lipinski definition) is 1. The van der Waals surface area contributed by atoms with Gasteiger partial charge in [-0.3, -0.25) is 9.59 Å². The Kier molecular flexibility index (Phi) is 6.00. The minimum absolute atomic E-state index is 0.120. The molecule has 2 aromatic carbocycles. The predicted octanol–water partition coefficient (Wildman–Crippen LogP) is 3.07. The monoisotopic (exact) mass is 333 g/mol. The summed E-state index contributed by atoms with van der Waals surface area (Å²) in [6, 6.07) is 14.0. The predicted molar refractivity (Wildman–Crippen MR) is 87.7 cm³/mol. The van der Waals surface area contributed by atoms with Crippen molar-refractivity contribution in [3.63, 3.8) is 0 Å². The molecule has 0 saturated heterocycles. The normalized spacial score (nSPS) is 10.0. The Balaban J connectivity index is 1.85. The highest BCUT2D eigenvalue weighted by Crippen LogP contribution is 2.27. The van der Waals surface area contributed by atoms with E-state index in [-0.39, 0.29) is 13.0 Å². The molecular weight excluding hydrogens is 318 g/mol. The fourth-order valence-electron chi connectivity index (χ4n) is 1.92. The van der Waals surface area contributed by atoms with Crippen LogP contribution >= 0.6 is 11.6 Å². The van der Waals surface area contributed by atoms with Gasteiger partial charge in [0.05, 0.1) is 19.2 Å². The van der Waals surface area contributed by atoms with E-state index in [2.05, 4.69) is 5.32 Å². The van der Waals surface area contributed by atoms with Gasteiger partial charge in [-0.05, 0) is 23.8 Å². The van der Waals surface area contributed by atoms with E-state index in [0.717, 1.165) is 5.56 Å². The lowest BCUT2D eigenvalue weighted by Crippen LogP contribution is -2.21. The van der Waals surface area contributed by atoms with Crippen molar-refractivity contribution in [2.45, 2.75) is 6.42 Å². The van der Waals surface area contributed by atoms with Crippen LogP contribution < -0.4 is 10.1 Å². The molecule has 6 heteroatoms. The van der Waals surface area contributed by atoms with E-state index in [1.165, 1.54) is 7.11 Å². The van der Waals surface area contributed by atoms with Crippen LogP contribution in [0.1, 0.15) is 5.56 Å². The van der Waals surface area contributed by atoms with Gasteiger partial charge in [0, 0.05) is 5.02 Å². The summed E-state index contributed by atoms with van der Waals surface area (Å²) in [6.07, 6.45) is 0.120. The van der Waals surface area contributed by atoms with Gasteiger partial charge in [-0.15, -0.1) is 0 Å². The molecule has 0 bridgehead atoms. The Morgan fingerprint density at radius 1 is 1.13 bits per heavy atom. The zero-order valence-corrected chi connectivity index (χ0v) is 13.3. The summed E-state index contributed by atoms with van der Waals surface area (Å²) < 4.78 is 10.1. The summed E-state index contributed by atoms with van der Waals surface area (Å²) in [5.74, 6) is -0.463. The molecule has 23 heavy (non-hydrogen) atoms. The quantitative estimate of drug-likeness (QED) is 0.825. The maximum absolute atomic E-state index is 11.9. The van der Waals surface area contributed by atoms with E-state index in [0.29, 0.717) is 16.5 Å². The molecule has 0 atom stereocenters. The van der Waals surface area contributed by atoms with E-state index in [4.69, 9.17) is 21.1 Å². The lowest BCUT2D eigenvalue weighted by molar-refractivity contribution is -0.146. The highest BCUT2D eigenvalue weighted by molar-refractivity contribution is 6.31. The van der Waals surface area contributed by atoms with Crippen LogP contribution in [0.2, 0.25) is 5.02 Å². The number of benzene rings is 2. The largest absolute Gasteiger partial charge is 0.495 e. The van der Waals surface area contributed by atoms with Crippen LogP contribution in [0.4, 0.5) is 5.69 Å². The number of halogens is 1. The van der Waals surface area contributed by atoms with Crippen LogP contribution in [0, 0.1) is 0 Å². The minimum atomic E-state index is -0.468. The molecule has 1 N–H and O–H groups in total. The van der Waals surface area contributed by atoms with Crippen LogP contribution in [-0.2, 0) is 20.7 Å². The van der Waals surface area contributed by atoms with E-state index in [1.54, 1.807) is 18.2 Å². The van der Waals surface area contributed by atoms with Crippen molar-refractivity contribution in [2.75, 3.05) is 19.0 Å². The third-order valence-electron chi connectivity index (χ3n) is 2.99. The summed E-state index contributed by atoms with van der Waals surface area (Å²) in [6.45, 7) is -0.374. The first-order chi connectivity index (χ1) is 11.1. The average molecular weight is 334 g/mol. The minimum Gasteiger partial charge on any atom is -0.495 e. The maximum atomic E-state index is 11.9. The molecule has 2 aromatic rings. The first-order valence-corrected chi connectivity index (χ1v) is 7.29.